The average Bonchev–Trinajstić information content (AvgIpc) is 3.14. The molecule has 0 radical (unpaired) electrons. The monoisotopic (exact) mass is 774 g/mol. The van der Waals surface area contributed by atoms with Crippen LogP contribution in [0.5, 0.6) is 0 Å². The van der Waals surface area contributed by atoms with E-state index in [2.05, 4.69) is 98.6 Å². The third-order valence-electron chi connectivity index (χ3n) is 6.13. The van der Waals surface area contributed by atoms with Gasteiger partial charge in [0, 0.05) is 0 Å². The second-order valence-corrected chi connectivity index (χ2v) is 13.8. The molecule has 0 amide bonds. The van der Waals surface area contributed by atoms with Crippen molar-refractivity contribution in [2.24, 2.45) is 0 Å². The molecule has 0 nitrogen and oxygen atoms in total. The molecule has 2 aromatic carbocycles. The zero-order valence-electron chi connectivity index (χ0n) is 21.8. The quantitative estimate of drug-likeness (QED) is 0.123. The van der Waals surface area contributed by atoms with Crippen molar-refractivity contribution in [1.29, 1.82) is 0 Å². The van der Waals surface area contributed by atoms with Crippen molar-refractivity contribution in [1.82, 2.24) is 0 Å². The largest absolute Gasteiger partial charge is 5.00 e. The summed E-state index contributed by atoms with van der Waals surface area (Å²) in [5.74, 6) is 0. The first-order valence-corrected chi connectivity index (χ1v) is 15.1. The SMILES string of the molecule is C1=C\CC/C=C\CC/1.C[C@@H](C[C@H]1CCC[P@]1C)P(c1ccccc1)c1ccccc1.[F-].[F-].[F-].[F-].[F-].[F-].[Rh+3].[Sb+5]. The summed E-state index contributed by atoms with van der Waals surface area (Å²) in [6.07, 6.45) is 19.9. The molecular weight excluding hydrogens is 737 g/mol. The molecule has 0 bridgehead atoms. The Morgan fingerprint density at radius 1 is 0.711 bits per heavy atom. The molecule has 2 aliphatic rings. The normalized spacial score (nSPS) is 19.1. The van der Waals surface area contributed by atoms with E-state index in [4.69, 9.17) is 0 Å². The number of allylic oxidation sites excluding steroid dienone is 4. The molecule has 2 aromatic rings. The van der Waals surface area contributed by atoms with E-state index in [0.29, 0.717) is 0 Å². The summed E-state index contributed by atoms with van der Waals surface area (Å²) >= 11 is 0. The maximum Gasteiger partial charge on any atom is 5.00 e. The molecule has 1 heterocycles. The summed E-state index contributed by atoms with van der Waals surface area (Å²) < 4.78 is 0. The first kappa shape index (κ1) is 50.6. The summed E-state index contributed by atoms with van der Waals surface area (Å²) in [5, 5.41) is 3.07. The zero-order chi connectivity index (χ0) is 21.0. The van der Waals surface area contributed by atoms with Crippen LogP contribution in [0.3, 0.4) is 0 Å². The molecule has 0 N–H and O–H groups in total. The van der Waals surface area contributed by atoms with E-state index in [0.717, 1.165) is 11.3 Å². The van der Waals surface area contributed by atoms with Gasteiger partial charge in [-0.1, -0.05) is 91.9 Å². The minimum Gasteiger partial charge on any atom is -1.00 e. The van der Waals surface area contributed by atoms with Gasteiger partial charge >= 0.3 is 43.9 Å². The fourth-order valence-electron chi connectivity index (χ4n) is 4.47. The van der Waals surface area contributed by atoms with E-state index in [1.807, 2.05) is 0 Å². The van der Waals surface area contributed by atoms with Crippen LogP contribution in [0, 0.1) is 0 Å². The summed E-state index contributed by atoms with van der Waals surface area (Å²) in [7, 11) is 0.0499. The van der Waals surface area contributed by atoms with Crippen LogP contribution in [0.25, 0.3) is 0 Å². The molecular formula is C28H38F6P2RhSb+2. The third kappa shape index (κ3) is 17.5. The van der Waals surface area contributed by atoms with Gasteiger partial charge in [0.1, 0.15) is 0 Å². The molecule has 1 fully saturated rings. The smallest absolute Gasteiger partial charge is 1.00 e. The Labute approximate surface area is 258 Å². The van der Waals surface area contributed by atoms with Gasteiger partial charge in [-0.05, 0) is 87.6 Å². The summed E-state index contributed by atoms with van der Waals surface area (Å²) in [6.45, 7) is 5.01. The molecule has 38 heavy (non-hydrogen) atoms. The Hall–Kier alpha value is -0.198. The number of hydrogen-bond acceptors (Lipinski definition) is 0. The maximum atomic E-state index is 2.52. The number of rotatable bonds is 5. The Kier molecular flexibility index (Phi) is 39.7. The molecule has 214 valence electrons. The van der Waals surface area contributed by atoms with Gasteiger partial charge < -0.3 is 28.2 Å². The van der Waals surface area contributed by atoms with Gasteiger partial charge in [0.05, 0.1) is 0 Å². The second kappa shape index (κ2) is 29.8. The summed E-state index contributed by atoms with van der Waals surface area (Å²) in [4.78, 5) is 0. The van der Waals surface area contributed by atoms with Crippen molar-refractivity contribution in [2.45, 2.75) is 63.2 Å². The Balaban J connectivity index is -0.000000141. The maximum absolute atomic E-state index is 2.52. The van der Waals surface area contributed by atoms with E-state index in [-0.39, 0.29) is 88.0 Å². The van der Waals surface area contributed by atoms with E-state index in [1.165, 1.54) is 61.7 Å². The van der Waals surface area contributed by atoms with Gasteiger partial charge in [0.15, 0.2) is 0 Å². The number of hydrogen-bond donors (Lipinski definition) is 0. The van der Waals surface area contributed by atoms with Crippen LogP contribution in [0.4, 0.5) is 0 Å². The van der Waals surface area contributed by atoms with Gasteiger partial charge in [-0.3, -0.25) is 0 Å². The van der Waals surface area contributed by atoms with E-state index >= 15 is 0 Å². The molecule has 0 saturated carbocycles. The minimum absolute atomic E-state index is 0. The second-order valence-electron chi connectivity index (χ2n) is 8.50. The molecule has 4 rings (SSSR count). The van der Waals surface area contributed by atoms with Gasteiger partial charge in [-0.2, -0.15) is 0 Å². The number of halogens is 6. The number of benzene rings is 2. The molecule has 0 unspecified atom stereocenters. The molecule has 1 saturated heterocycles. The average molecular weight is 775 g/mol. The molecule has 1 aliphatic carbocycles. The first-order valence-electron chi connectivity index (χ1n) is 11.7. The fourth-order valence-corrected chi connectivity index (χ4v) is 9.75. The zero-order valence-corrected chi connectivity index (χ0v) is 27.8. The van der Waals surface area contributed by atoms with E-state index in [1.54, 1.807) is 0 Å². The Morgan fingerprint density at radius 3 is 1.39 bits per heavy atom. The molecule has 0 aromatic heterocycles. The molecule has 3 atom stereocenters. The minimum atomic E-state index is -0.237. The standard InChI is InChI=1S/C20H26P2.C8H12.6FH.Rh.Sb/c1-17(16-20-14-9-15-21(20)2)22(18-10-5-3-6-11-18)19-12-7-4-8-13-19;1-2-4-6-8-7-5-3-1;;;;;;;;/h3-8,10-13,17,20H,9,14-16H2,1-2H3;1-2,7-8H,3-6H2;6*1H;;/q;;;;;;;;+3;+5/p-6/b;2-1-,8-7-;;;;;;;;/t17-,20+,21-;;;;;;;;;/m0........./s1. The fraction of sp³-hybridized carbons (Fsp3) is 0.429. The van der Waals surface area contributed by atoms with Crippen molar-refractivity contribution in [3.63, 3.8) is 0 Å². The van der Waals surface area contributed by atoms with Crippen LogP contribution in [0.1, 0.15) is 51.9 Å². The molecule has 10 heteroatoms. The van der Waals surface area contributed by atoms with Crippen molar-refractivity contribution in [3.05, 3.63) is 85.0 Å². The van der Waals surface area contributed by atoms with Crippen LogP contribution in [-0.4, -0.2) is 48.6 Å². The van der Waals surface area contributed by atoms with Crippen molar-refractivity contribution >= 4 is 50.9 Å². The van der Waals surface area contributed by atoms with Crippen molar-refractivity contribution in [3.8, 4) is 0 Å². The van der Waals surface area contributed by atoms with Crippen LogP contribution < -0.4 is 38.8 Å². The van der Waals surface area contributed by atoms with Crippen LogP contribution in [0.15, 0.2) is 85.0 Å². The Bertz CT molecular complexity index is 737. The van der Waals surface area contributed by atoms with Crippen LogP contribution in [0.2, 0.25) is 0 Å². The summed E-state index contributed by atoms with van der Waals surface area (Å²) in [5.41, 5.74) is 1.77. The van der Waals surface area contributed by atoms with Crippen molar-refractivity contribution < 1.29 is 47.7 Å². The van der Waals surface area contributed by atoms with Gasteiger partial charge in [-0.15, -0.1) is 7.92 Å². The van der Waals surface area contributed by atoms with Gasteiger partial charge in [0.2, 0.25) is 0 Å². The van der Waals surface area contributed by atoms with E-state index < -0.39 is 0 Å². The van der Waals surface area contributed by atoms with Crippen LogP contribution in [-0.2, 0) is 19.5 Å². The van der Waals surface area contributed by atoms with E-state index in [9.17, 15) is 0 Å². The summed E-state index contributed by atoms with van der Waals surface area (Å²) in [6, 6.07) is 22.4. The predicted octanol–water partition coefficient (Wildman–Crippen LogP) is -10.5. The third-order valence-corrected chi connectivity index (χ3v) is 11.7. The first-order chi connectivity index (χ1) is 14.8. The van der Waals surface area contributed by atoms with Gasteiger partial charge in [-0.25, -0.2) is 0 Å². The predicted molar refractivity (Wildman–Crippen MR) is 146 cm³/mol. The van der Waals surface area contributed by atoms with Gasteiger partial charge in [0.25, 0.3) is 0 Å². The van der Waals surface area contributed by atoms with Crippen LogP contribution >= 0.6 is 15.8 Å². The Morgan fingerprint density at radius 2 is 1.08 bits per heavy atom. The molecule has 0 spiro atoms. The van der Waals surface area contributed by atoms with Crippen molar-refractivity contribution in [2.75, 3.05) is 12.8 Å². The topological polar surface area (TPSA) is 0 Å². The molecule has 1 aliphatic heterocycles.